The smallest absolute Gasteiger partial charge is 0.303 e. The average molecular weight is 828 g/mol. The number of hydrogen-bond donors (Lipinski definition) is 2. The van der Waals surface area contributed by atoms with Gasteiger partial charge >= 0.3 is 11.9 Å². The van der Waals surface area contributed by atoms with E-state index < -0.39 is 79.2 Å². The van der Waals surface area contributed by atoms with Gasteiger partial charge in [0.15, 0.2) is 18.7 Å². The van der Waals surface area contributed by atoms with Gasteiger partial charge in [-0.05, 0) is 22.3 Å². The molecule has 10 unspecified atom stereocenters. The minimum atomic E-state index is -1.53. The number of hydrogen-bond acceptors (Lipinski definition) is 13. The third-order valence-electron chi connectivity index (χ3n) is 9.92. The number of carbonyl (C=O) groups is 3. The van der Waals surface area contributed by atoms with Crippen LogP contribution in [0, 0.1) is 0 Å². The molecule has 2 heterocycles. The van der Waals surface area contributed by atoms with E-state index in [4.69, 9.17) is 42.6 Å². The van der Waals surface area contributed by atoms with E-state index >= 15 is 0 Å². The summed E-state index contributed by atoms with van der Waals surface area (Å²) in [7, 11) is 0. The van der Waals surface area contributed by atoms with Gasteiger partial charge in [0.1, 0.15) is 49.3 Å². The van der Waals surface area contributed by atoms with E-state index in [9.17, 15) is 19.5 Å². The minimum absolute atomic E-state index is 0.0540. The molecule has 2 aliphatic heterocycles. The van der Waals surface area contributed by atoms with E-state index in [-0.39, 0.29) is 39.6 Å². The lowest BCUT2D eigenvalue weighted by Gasteiger charge is -2.49. The van der Waals surface area contributed by atoms with E-state index in [1.165, 1.54) is 20.8 Å². The third kappa shape index (κ3) is 13.0. The molecule has 14 heteroatoms. The van der Waals surface area contributed by atoms with Gasteiger partial charge < -0.3 is 53.1 Å². The molecule has 2 N–H and O–H groups in total. The summed E-state index contributed by atoms with van der Waals surface area (Å²) < 4.78 is 57.1. The maximum atomic E-state index is 12.9. The van der Waals surface area contributed by atoms with Gasteiger partial charge in [-0.25, -0.2) is 0 Å². The van der Waals surface area contributed by atoms with Crippen molar-refractivity contribution in [2.75, 3.05) is 13.2 Å². The van der Waals surface area contributed by atoms with Crippen molar-refractivity contribution in [1.29, 1.82) is 0 Å². The van der Waals surface area contributed by atoms with Crippen LogP contribution in [0.15, 0.2) is 121 Å². The number of nitrogens with one attached hydrogen (secondary N) is 1. The Kier molecular flexibility index (Phi) is 16.7. The highest BCUT2D eigenvalue weighted by Crippen LogP contribution is 2.35. The number of carbonyl (C=O) groups excluding carboxylic acids is 3. The second-order valence-corrected chi connectivity index (χ2v) is 14.6. The van der Waals surface area contributed by atoms with Gasteiger partial charge in [0.25, 0.3) is 0 Å². The Bertz CT molecular complexity index is 1900. The molecule has 0 saturated carbocycles. The number of rotatable bonds is 19. The van der Waals surface area contributed by atoms with Crippen LogP contribution in [0.1, 0.15) is 43.0 Å². The number of ether oxygens (including phenoxy) is 9. The first-order chi connectivity index (χ1) is 29.1. The van der Waals surface area contributed by atoms with Gasteiger partial charge in [0, 0.05) is 20.8 Å². The summed E-state index contributed by atoms with van der Waals surface area (Å²) in [5, 5.41) is 14.2. The van der Waals surface area contributed by atoms with Crippen LogP contribution >= 0.6 is 0 Å². The van der Waals surface area contributed by atoms with Crippen molar-refractivity contribution >= 4 is 17.8 Å². The van der Waals surface area contributed by atoms with E-state index in [1.807, 2.05) is 121 Å². The first-order valence-corrected chi connectivity index (χ1v) is 19.9. The summed E-state index contributed by atoms with van der Waals surface area (Å²) in [6.07, 6.45) is -10.4. The van der Waals surface area contributed by atoms with Crippen LogP contribution in [-0.2, 0) is 83.4 Å². The molecule has 0 aliphatic carbocycles. The maximum absolute atomic E-state index is 12.9. The fourth-order valence-corrected chi connectivity index (χ4v) is 7.15. The molecule has 0 radical (unpaired) electrons. The Morgan fingerprint density at radius 3 is 1.50 bits per heavy atom. The highest BCUT2D eigenvalue weighted by Gasteiger charge is 2.55. The summed E-state index contributed by atoms with van der Waals surface area (Å²) >= 11 is 0. The molecule has 60 heavy (non-hydrogen) atoms. The van der Waals surface area contributed by atoms with Crippen molar-refractivity contribution in [3.8, 4) is 0 Å². The zero-order valence-corrected chi connectivity index (χ0v) is 33.9. The first kappa shape index (κ1) is 44.5. The van der Waals surface area contributed by atoms with Crippen molar-refractivity contribution in [2.45, 2.75) is 109 Å². The van der Waals surface area contributed by atoms with Crippen LogP contribution in [0.3, 0.4) is 0 Å². The van der Waals surface area contributed by atoms with Gasteiger partial charge in [0.05, 0.1) is 33.0 Å². The highest BCUT2D eigenvalue weighted by molar-refractivity contribution is 5.73. The van der Waals surface area contributed by atoms with Crippen LogP contribution < -0.4 is 5.32 Å². The molecule has 4 aromatic carbocycles. The minimum Gasteiger partial charge on any atom is -0.463 e. The van der Waals surface area contributed by atoms with Crippen LogP contribution in [-0.4, -0.2) is 97.5 Å². The lowest BCUT2D eigenvalue weighted by molar-refractivity contribution is -0.359. The van der Waals surface area contributed by atoms with Gasteiger partial charge in [-0.3, -0.25) is 14.4 Å². The van der Waals surface area contributed by atoms with Crippen LogP contribution in [0.4, 0.5) is 0 Å². The van der Waals surface area contributed by atoms with Crippen LogP contribution in [0.25, 0.3) is 0 Å². The predicted octanol–water partition coefficient (Wildman–Crippen LogP) is 4.79. The Balaban J connectivity index is 1.39. The van der Waals surface area contributed by atoms with Crippen LogP contribution in [0.5, 0.6) is 0 Å². The summed E-state index contributed by atoms with van der Waals surface area (Å²) in [5.74, 6) is -1.64. The molecule has 6 rings (SSSR count). The summed E-state index contributed by atoms with van der Waals surface area (Å²) in [6, 6.07) is 36.6. The number of amides is 1. The van der Waals surface area contributed by atoms with Crippen molar-refractivity contribution in [3.63, 3.8) is 0 Å². The summed E-state index contributed by atoms with van der Waals surface area (Å²) in [6.45, 7) is 3.95. The molecule has 0 aromatic heterocycles. The number of aliphatic hydroxyl groups excluding tert-OH is 1. The number of esters is 2. The quantitative estimate of drug-likeness (QED) is 0.124. The zero-order chi connectivity index (χ0) is 42.3. The molecule has 1 amide bonds. The van der Waals surface area contributed by atoms with Crippen molar-refractivity contribution in [3.05, 3.63) is 144 Å². The molecule has 2 fully saturated rings. The van der Waals surface area contributed by atoms with Gasteiger partial charge in [-0.2, -0.15) is 0 Å². The van der Waals surface area contributed by atoms with E-state index in [1.54, 1.807) is 0 Å². The Morgan fingerprint density at radius 1 is 0.550 bits per heavy atom. The third-order valence-corrected chi connectivity index (χ3v) is 9.92. The van der Waals surface area contributed by atoms with Gasteiger partial charge in [-0.1, -0.05) is 121 Å². The van der Waals surface area contributed by atoms with Crippen molar-refractivity contribution in [1.82, 2.24) is 5.32 Å². The lowest BCUT2D eigenvalue weighted by atomic mass is 9.94. The molecular formula is C46H53NO13. The molecule has 0 spiro atoms. The molecule has 2 aliphatic rings. The second-order valence-electron chi connectivity index (χ2n) is 14.6. The van der Waals surface area contributed by atoms with E-state index in [0.29, 0.717) is 0 Å². The van der Waals surface area contributed by atoms with Crippen molar-refractivity contribution < 1.29 is 62.1 Å². The summed E-state index contributed by atoms with van der Waals surface area (Å²) in [4.78, 5) is 37.8. The largest absolute Gasteiger partial charge is 0.463 e. The fourth-order valence-electron chi connectivity index (χ4n) is 7.15. The van der Waals surface area contributed by atoms with Gasteiger partial charge in [-0.15, -0.1) is 0 Å². The normalized spacial score (nSPS) is 26.5. The van der Waals surface area contributed by atoms with Crippen LogP contribution in [0.2, 0.25) is 0 Å². The molecule has 4 aromatic rings. The summed E-state index contributed by atoms with van der Waals surface area (Å²) in [5.41, 5.74) is 3.38. The zero-order valence-electron chi connectivity index (χ0n) is 33.9. The molecule has 2 saturated heterocycles. The molecule has 320 valence electrons. The lowest BCUT2D eigenvalue weighted by Crippen LogP contribution is -2.68. The topological polar surface area (TPSA) is 167 Å². The predicted molar refractivity (Wildman–Crippen MR) is 215 cm³/mol. The SMILES string of the molecule is CC(=O)NC1C(O)OC(COCc2ccccc2)C(OC2OC(COC(C)=O)C(OCc3ccccc3)C(OC(C)=O)C2OCc2ccccc2)C1OCc1ccccc1. The van der Waals surface area contributed by atoms with Gasteiger partial charge in [0.2, 0.25) is 5.91 Å². The standard InChI is InChI=1S/C46H53NO13/c1-30(48)47-39-42(55-26-35-20-12-6-13-21-35)41(37(58-45(39)51)28-52-24-33-16-8-4-9-17-33)60-46-44(56-27-36-22-14-7-15-23-36)43(57-32(3)50)40(38(59-46)29-53-31(2)49)54-25-34-18-10-5-11-19-34/h4-23,37-46,51H,24-29H2,1-3H3,(H,47,48). The maximum Gasteiger partial charge on any atom is 0.303 e. The molecular weight excluding hydrogens is 774 g/mol. The number of aliphatic hydroxyl groups is 1. The molecule has 10 atom stereocenters. The first-order valence-electron chi connectivity index (χ1n) is 19.9. The molecule has 14 nitrogen and oxygen atoms in total. The average Bonchev–Trinajstić information content (AvgIpc) is 3.24. The van der Waals surface area contributed by atoms with E-state index in [0.717, 1.165) is 22.3 Å². The molecule has 0 bridgehead atoms. The Hall–Kier alpha value is -5.03. The van der Waals surface area contributed by atoms with E-state index in [2.05, 4.69) is 5.32 Å². The Morgan fingerprint density at radius 2 is 1.02 bits per heavy atom. The monoisotopic (exact) mass is 827 g/mol. The fraction of sp³-hybridized carbons (Fsp3) is 0.413. The highest BCUT2D eigenvalue weighted by atomic mass is 16.7. The number of benzene rings is 4. The second kappa shape index (κ2) is 22.5. The Labute approximate surface area is 349 Å². The van der Waals surface area contributed by atoms with Crippen molar-refractivity contribution in [2.24, 2.45) is 0 Å².